The number of amides is 1. The van der Waals surface area contributed by atoms with Crippen LogP contribution in [0.3, 0.4) is 0 Å². The zero-order chi connectivity index (χ0) is 20.5. The molecule has 2 aromatic carbocycles. The molecule has 2 N–H and O–H groups in total. The van der Waals surface area contributed by atoms with Gasteiger partial charge >= 0.3 is 0 Å². The number of methoxy groups -OCH3 is 1. The zero-order valence-corrected chi connectivity index (χ0v) is 17.3. The summed E-state index contributed by atoms with van der Waals surface area (Å²) < 4.78 is 5.19. The lowest BCUT2D eigenvalue weighted by atomic mass is 10.1. The van der Waals surface area contributed by atoms with Gasteiger partial charge in [0.1, 0.15) is 5.75 Å². The van der Waals surface area contributed by atoms with Gasteiger partial charge in [-0.05, 0) is 41.7 Å². The molecule has 29 heavy (non-hydrogen) atoms. The highest BCUT2D eigenvalue weighted by Crippen LogP contribution is 2.15. The van der Waals surface area contributed by atoms with E-state index in [1.165, 1.54) is 16.7 Å². The Morgan fingerprint density at radius 1 is 1.10 bits per heavy atom. The molecule has 1 heterocycles. The number of carbonyl (C=O) groups is 1. The molecule has 0 unspecified atom stereocenters. The molecule has 0 radical (unpaired) electrons. The fourth-order valence-electron chi connectivity index (χ4n) is 3.45. The van der Waals surface area contributed by atoms with Crippen molar-refractivity contribution < 1.29 is 9.53 Å². The van der Waals surface area contributed by atoms with E-state index < -0.39 is 0 Å². The molecule has 1 aliphatic heterocycles. The number of nitrogens with one attached hydrogen (secondary N) is 2. The van der Waals surface area contributed by atoms with Gasteiger partial charge in [0, 0.05) is 39.6 Å². The molecule has 0 atom stereocenters. The highest BCUT2D eigenvalue weighted by molar-refractivity contribution is 5.79. The topological polar surface area (TPSA) is 66.0 Å². The highest BCUT2D eigenvalue weighted by Gasteiger charge is 2.19. The van der Waals surface area contributed by atoms with Crippen LogP contribution < -0.4 is 15.4 Å². The van der Waals surface area contributed by atoms with Gasteiger partial charge in [-0.25, -0.2) is 0 Å². The first-order valence-corrected chi connectivity index (χ1v) is 10.1. The first-order valence-electron chi connectivity index (χ1n) is 10.1. The van der Waals surface area contributed by atoms with Gasteiger partial charge in [-0.3, -0.25) is 9.79 Å². The van der Waals surface area contributed by atoms with E-state index in [2.05, 4.69) is 46.0 Å². The third-order valence-corrected chi connectivity index (χ3v) is 5.08. The summed E-state index contributed by atoms with van der Waals surface area (Å²) in [5, 5.41) is 6.71. The quantitative estimate of drug-likeness (QED) is 0.534. The van der Waals surface area contributed by atoms with E-state index in [4.69, 9.17) is 4.74 Å². The SMILES string of the molecule is CN=C(NCCc1ccc(OC)cc1)NCc1cccc(CN2CCCC2=O)c1. The Morgan fingerprint density at radius 2 is 1.90 bits per heavy atom. The van der Waals surface area contributed by atoms with Crippen LogP contribution in [-0.2, 0) is 24.3 Å². The van der Waals surface area contributed by atoms with Gasteiger partial charge in [-0.1, -0.05) is 36.4 Å². The molecule has 6 nitrogen and oxygen atoms in total. The van der Waals surface area contributed by atoms with Crippen LogP contribution in [0.5, 0.6) is 5.75 Å². The summed E-state index contributed by atoms with van der Waals surface area (Å²) in [6.45, 7) is 3.04. The molecule has 1 amide bonds. The van der Waals surface area contributed by atoms with E-state index in [1.807, 2.05) is 23.1 Å². The minimum atomic E-state index is 0.259. The number of ether oxygens (including phenoxy) is 1. The van der Waals surface area contributed by atoms with E-state index in [0.29, 0.717) is 19.5 Å². The fourth-order valence-corrected chi connectivity index (χ4v) is 3.45. The Balaban J connectivity index is 1.45. The van der Waals surface area contributed by atoms with Gasteiger partial charge < -0.3 is 20.3 Å². The lowest BCUT2D eigenvalue weighted by Crippen LogP contribution is -2.37. The molecule has 1 fully saturated rings. The molecular formula is C23H30N4O2. The van der Waals surface area contributed by atoms with Crippen molar-refractivity contribution in [2.24, 2.45) is 4.99 Å². The van der Waals surface area contributed by atoms with E-state index in [1.54, 1.807) is 14.2 Å². The summed E-state index contributed by atoms with van der Waals surface area (Å²) in [5.41, 5.74) is 3.59. The monoisotopic (exact) mass is 394 g/mol. The van der Waals surface area contributed by atoms with Crippen molar-refractivity contribution in [1.29, 1.82) is 0 Å². The Hall–Kier alpha value is -3.02. The van der Waals surface area contributed by atoms with Crippen LogP contribution in [0, 0.1) is 0 Å². The second-order valence-corrected chi connectivity index (χ2v) is 7.19. The van der Waals surface area contributed by atoms with Gasteiger partial charge in [-0.15, -0.1) is 0 Å². The number of likely N-dealkylation sites (tertiary alicyclic amines) is 1. The standard InChI is InChI=1S/C23H30N4O2/c1-24-23(25-13-12-18-8-10-21(29-2)11-9-18)26-16-19-5-3-6-20(15-19)17-27-14-4-7-22(27)28/h3,5-6,8-11,15H,4,7,12-14,16-17H2,1-2H3,(H2,24,25,26). The van der Waals surface area contributed by atoms with Crippen molar-refractivity contribution in [3.8, 4) is 5.75 Å². The van der Waals surface area contributed by atoms with Crippen LogP contribution >= 0.6 is 0 Å². The van der Waals surface area contributed by atoms with Crippen LogP contribution in [0.25, 0.3) is 0 Å². The van der Waals surface area contributed by atoms with E-state index in [0.717, 1.165) is 37.6 Å². The summed E-state index contributed by atoms with van der Waals surface area (Å²) in [6.07, 6.45) is 2.56. The predicted molar refractivity (Wildman–Crippen MR) is 116 cm³/mol. The molecule has 6 heteroatoms. The van der Waals surface area contributed by atoms with Crippen molar-refractivity contribution in [3.05, 3.63) is 65.2 Å². The first kappa shape index (κ1) is 20.7. The highest BCUT2D eigenvalue weighted by atomic mass is 16.5. The third-order valence-electron chi connectivity index (χ3n) is 5.08. The lowest BCUT2D eigenvalue weighted by molar-refractivity contribution is -0.128. The van der Waals surface area contributed by atoms with Gasteiger partial charge in [0.15, 0.2) is 5.96 Å². The maximum atomic E-state index is 11.8. The third kappa shape index (κ3) is 6.24. The number of aliphatic imine (C=N–C) groups is 1. The van der Waals surface area contributed by atoms with E-state index >= 15 is 0 Å². The van der Waals surface area contributed by atoms with Gasteiger partial charge in [0.2, 0.25) is 5.91 Å². The number of hydrogen-bond donors (Lipinski definition) is 2. The number of carbonyl (C=O) groups excluding carboxylic acids is 1. The molecule has 2 aromatic rings. The number of benzene rings is 2. The summed E-state index contributed by atoms with van der Waals surface area (Å²) in [6, 6.07) is 16.5. The molecule has 0 aliphatic carbocycles. The maximum Gasteiger partial charge on any atom is 0.222 e. The molecule has 154 valence electrons. The molecule has 0 saturated carbocycles. The predicted octanol–water partition coefficient (Wildman–Crippen LogP) is 2.73. The summed E-state index contributed by atoms with van der Waals surface area (Å²) >= 11 is 0. The first-order chi connectivity index (χ1) is 14.2. The Labute approximate surface area is 173 Å². The number of hydrogen-bond acceptors (Lipinski definition) is 3. The van der Waals surface area contributed by atoms with Crippen LogP contribution in [0.2, 0.25) is 0 Å². The fraction of sp³-hybridized carbons (Fsp3) is 0.391. The van der Waals surface area contributed by atoms with Gasteiger partial charge in [-0.2, -0.15) is 0 Å². The number of nitrogens with zero attached hydrogens (tertiary/aromatic N) is 2. The molecule has 1 aliphatic rings. The van der Waals surface area contributed by atoms with Gasteiger partial charge in [0.25, 0.3) is 0 Å². The van der Waals surface area contributed by atoms with Crippen molar-refractivity contribution in [2.75, 3.05) is 27.2 Å². The Morgan fingerprint density at radius 3 is 2.59 bits per heavy atom. The second-order valence-electron chi connectivity index (χ2n) is 7.19. The average molecular weight is 395 g/mol. The minimum Gasteiger partial charge on any atom is -0.497 e. The van der Waals surface area contributed by atoms with Crippen molar-refractivity contribution in [3.63, 3.8) is 0 Å². The van der Waals surface area contributed by atoms with E-state index in [-0.39, 0.29) is 5.91 Å². The largest absolute Gasteiger partial charge is 0.497 e. The molecule has 1 saturated heterocycles. The number of guanidine groups is 1. The van der Waals surface area contributed by atoms with Crippen LogP contribution in [0.4, 0.5) is 0 Å². The van der Waals surface area contributed by atoms with E-state index in [9.17, 15) is 4.79 Å². The smallest absolute Gasteiger partial charge is 0.222 e. The molecule has 0 aromatic heterocycles. The Bertz CT molecular complexity index is 833. The molecular weight excluding hydrogens is 364 g/mol. The zero-order valence-electron chi connectivity index (χ0n) is 17.3. The maximum absolute atomic E-state index is 11.8. The van der Waals surface area contributed by atoms with Gasteiger partial charge in [0.05, 0.1) is 7.11 Å². The summed E-state index contributed by atoms with van der Waals surface area (Å²) in [5.74, 6) is 1.91. The average Bonchev–Trinajstić information content (AvgIpc) is 3.15. The summed E-state index contributed by atoms with van der Waals surface area (Å²) in [7, 11) is 3.45. The Kier molecular flexibility index (Phi) is 7.50. The normalized spacial score (nSPS) is 14.2. The van der Waals surface area contributed by atoms with Crippen molar-refractivity contribution in [2.45, 2.75) is 32.4 Å². The summed E-state index contributed by atoms with van der Waals surface area (Å²) in [4.78, 5) is 18.1. The molecule has 0 spiro atoms. The minimum absolute atomic E-state index is 0.259. The molecule has 0 bridgehead atoms. The van der Waals surface area contributed by atoms with Crippen molar-refractivity contribution >= 4 is 11.9 Å². The molecule has 3 rings (SSSR count). The van der Waals surface area contributed by atoms with Crippen LogP contribution in [0.1, 0.15) is 29.5 Å². The van der Waals surface area contributed by atoms with Crippen LogP contribution in [0.15, 0.2) is 53.5 Å². The van der Waals surface area contributed by atoms with Crippen molar-refractivity contribution in [1.82, 2.24) is 15.5 Å². The second kappa shape index (κ2) is 10.5. The van der Waals surface area contributed by atoms with Crippen LogP contribution in [-0.4, -0.2) is 44.0 Å². The number of rotatable bonds is 8. The lowest BCUT2D eigenvalue weighted by Gasteiger charge is -2.16.